The number of carbonyl (C=O) groups is 1. The quantitative estimate of drug-likeness (QED) is 0.601. The largest absolute Gasteiger partial charge is 0.504 e. The molecule has 0 radical (unpaired) electrons. The van der Waals surface area contributed by atoms with E-state index in [0.717, 1.165) is 12.8 Å². The minimum absolute atomic E-state index is 0.0288. The number of phenolic OH excluding ortho intramolecular Hbond substituents is 1. The summed E-state index contributed by atoms with van der Waals surface area (Å²) in [6.45, 7) is 1.15. The highest BCUT2D eigenvalue weighted by atomic mass is 16.5. The summed E-state index contributed by atoms with van der Waals surface area (Å²) in [5.41, 5.74) is 5.35. The number of unbranched alkanes of at least 4 members (excludes halogenated alkanes) is 1. The summed E-state index contributed by atoms with van der Waals surface area (Å²) in [6.07, 6.45) is 1.74. The van der Waals surface area contributed by atoms with Crippen LogP contribution in [-0.4, -0.2) is 37.8 Å². The van der Waals surface area contributed by atoms with Gasteiger partial charge in [0, 0.05) is 12.6 Å². The number of benzene rings is 1. The van der Waals surface area contributed by atoms with Crippen LogP contribution >= 0.6 is 0 Å². The van der Waals surface area contributed by atoms with Crippen LogP contribution in [0.2, 0.25) is 0 Å². The van der Waals surface area contributed by atoms with Gasteiger partial charge >= 0.3 is 0 Å². The molecule has 0 spiro atoms. The van der Waals surface area contributed by atoms with E-state index in [-0.39, 0.29) is 18.3 Å². The molecule has 0 saturated carbocycles. The van der Waals surface area contributed by atoms with Gasteiger partial charge in [0.25, 0.3) is 5.91 Å². The molecule has 19 heavy (non-hydrogen) atoms. The van der Waals surface area contributed by atoms with E-state index in [1.54, 1.807) is 6.07 Å². The first kappa shape index (κ1) is 15.1. The highest BCUT2D eigenvalue weighted by molar-refractivity contribution is 5.77. The average molecular weight is 268 g/mol. The van der Waals surface area contributed by atoms with Crippen LogP contribution in [0.25, 0.3) is 0 Å². The third-order valence-electron chi connectivity index (χ3n) is 2.47. The fourth-order valence-electron chi connectivity index (χ4n) is 1.44. The fourth-order valence-corrected chi connectivity index (χ4v) is 1.44. The SMILES string of the molecule is COc1cc(OCC(=O)NCCCCN)ccc1O. The van der Waals surface area contributed by atoms with Crippen LogP contribution in [0.3, 0.4) is 0 Å². The molecule has 0 aliphatic carbocycles. The van der Waals surface area contributed by atoms with Gasteiger partial charge in [-0.3, -0.25) is 4.79 Å². The highest BCUT2D eigenvalue weighted by Gasteiger charge is 2.06. The molecule has 106 valence electrons. The second-order valence-electron chi connectivity index (χ2n) is 3.97. The molecule has 6 nitrogen and oxygen atoms in total. The number of carbonyl (C=O) groups excluding carboxylic acids is 1. The maximum absolute atomic E-state index is 11.5. The molecule has 0 bridgehead atoms. The second-order valence-corrected chi connectivity index (χ2v) is 3.97. The summed E-state index contributed by atoms with van der Waals surface area (Å²) in [6, 6.07) is 4.55. The predicted molar refractivity (Wildman–Crippen MR) is 71.5 cm³/mol. The van der Waals surface area contributed by atoms with Gasteiger partial charge in [-0.2, -0.15) is 0 Å². The molecule has 0 aromatic heterocycles. The summed E-state index contributed by atoms with van der Waals surface area (Å²) < 4.78 is 10.2. The molecule has 4 N–H and O–H groups in total. The number of ether oxygens (including phenoxy) is 2. The van der Waals surface area contributed by atoms with E-state index < -0.39 is 0 Å². The number of amides is 1. The number of rotatable bonds is 8. The van der Waals surface area contributed by atoms with Gasteiger partial charge in [-0.1, -0.05) is 0 Å². The zero-order valence-corrected chi connectivity index (χ0v) is 11.0. The van der Waals surface area contributed by atoms with Crippen LogP contribution in [0.15, 0.2) is 18.2 Å². The molecular weight excluding hydrogens is 248 g/mol. The lowest BCUT2D eigenvalue weighted by atomic mass is 10.3. The zero-order valence-electron chi connectivity index (χ0n) is 11.0. The molecule has 1 aromatic carbocycles. The maximum Gasteiger partial charge on any atom is 0.257 e. The topological polar surface area (TPSA) is 93.8 Å². The molecule has 0 saturated heterocycles. The van der Waals surface area contributed by atoms with Crippen molar-refractivity contribution in [1.82, 2.24) is 5.32 Å². The monoisotopic (exact) mass is 268 g/mol. The van der Waals surface area contributed by atoms with E-state index in [1.807, 2.05) is 0 Å². The Hall–Kier alpha value is -1.95. The van der Waals surface area contributed by atoms with Crippen molar-refractivity contribution in [3.8, 4) is 17.2 Å². The summed E-state index contributed by atoms with van der Waals surface area (Å²) in [4.78, 5) is 11.5. The van der Waals surface area contributed by atoms with E-state index in [9.17, 15) is 9.90 Å². The number of nitrogens with one attached hydrogen (secondary N) is 1. The van der Waals surface area contributed by atoms with Crippen molar-refractivity contribution in [3.63, 3.8) is 0 Å². The highest BCUT2D eigenvalue weighted by Crippen LogP contribution is 2.29. The van der Waals surface area contributed by atoms with Crippen molar-refractivity contribution < 1.29 is 19.4 Å². The standard InChI is InChI=1S/C13H20N2O4/c1-18-12-8-10(4-5-11(12)16)19-9-13(17)15-7-3-2-6-14/h4-5,8,16H,2-3,6-7,9,14H2,1H3,(H,15,17). The van der Waals surface area contributed by atoms with Gasteiger partial charge in [0.2, 0.25) is 0 Å². The first-order chi connectivity index (χ1) is 9.17. The van der Waals surface area contributed by atoms with Crippen LogP contribution in [0, 0.1) is 0 Å². The number of nitrogens with two attached hydrogens (primary N) is 1. The lowest BCUT2D eigenvalue weighted by Gasteiger charge is -2.09. The van der Waals surface area contributed by atoms with Crippen LogP contribution in [0.5, 0.6) is 17.2 Å². The Bertz CT molecular complexity index is 410. The molecule has 0 aliphatic heterocycles. The molecular formula is C13H20N2O4. The van der Waals surface area contributed by atoms with Gasteiger partial charge in [0.05, 0.1) is 7.11 Å². The van der Waals surface area contributed by atoms with Crippen LogP contribution in [-0.2, 0) is 4.79 Å². The average Bonchev–Trinajstić information content (AvgIpc) is 2.42. The van der Waals surface area contributed by atoms with Gasteiger partial charge in [-0.15, -0.1) is 0 Å². The molecule has 0 fully saturated rings. The molecule has 0 unspecified atom stereocenters. The van der Waals surface area contributed by atoms with E-state index in [2.05, 4.69) is 5.32 Å². The molecule has 1 amide bonds. The fraction of sp³-hybridized carbons (Fsp3) is 0.462. The van der Waals surface area contributed by atoms with E-state index in [0.29, 0.717) is 24.6 Å². The van der Waals surface area contributed by atoms with Crippen molar-refractivity contribution >= 4 is 5.91 Å². The van der Waals surface area contributed by atoms with Crippen molar-refractivity contribution in [3.05, 3.63) is 18.2 Å². The van der Waals surface area contributed by atoms with E-state index in [1.165, 1.54) is 19.2 Å². The van der Waals surface area contributed by atoms with E-state index in [4.69, 9.17) is 15.2 Å². The normalized spacial score (nSPS) is 10.0. The third kappa shape index (κ3) is 5.48. The first-order valence-corrected chi connectivity index (χ1v) is 6.14. The first-order valence-electron chi connectivity index (χ1n) is 6.14. The van der Waals surface area contributed by atoms with Crippen molar-refractivity contribution in [2.24, 2.45) is 5.73 Å². The summed E-state index contributed by atoms with van der Waals surface area (Å²) in [5.74, 6) is 0.609. The maximum atomic E-state index is 11.5. The van der Waals surface area contributed by atoms with Gasteiger partial charge in [-0.25, -0.2) is 0 Å². The molecule has 0 atom stereocenters. The Labute approximate surface area is 112 Å². The second kappa shape index (κ2) is 8.20. The molecule has 1 rings (SSSR count). The van der Waals surface area contributed by atoms with Gasteiger partial charge in [-0.05, 0) is 31.5 Å². The Kier molecular flexibility index (Phi) is 6.52. The van der Waals surface area contributed by atoms with Crippen LogP contribution in [0.1, 0.15) is 12.8 Å². The van der Waals surface area contributed by atoms with Crippen molar-refractivity contribution in [2.75, 3.05) is 26.8 Å². The minimum Gasteiger partial charge on any atom is -0.504 e. The van der Waals surface area contributed by atoms with Crippen LogP contribution < -0.4 is 20.5 Å². The van der Waals surface area contributed by atoms with Gasteiger partial charge < -0.3 is 25.6 Å². The molecule has 0 aliphatic rings. The summed E-state index contributed by atoms with van der Waals surface area (Å²) in [5, 5.41) is 12.1. The van der Waals surface area contributed by atoms with Gasteiger partial charge in [0.15, 0.2) is 18.1 Å². The number of hydrogen-bond donors (Lipinski definition) is 3. The Morgan fingerprint density at radius 1 is 1.42 bits per heavy atom. The third-order valence-corrected chi connectivity index (χ3v) is 2.47. The Morgan fingerprint density at radius 3 is 2.89 bits per heavy atom. The number of aromatic hydroxyl groups is 1. The number of hydrogen-bond acceptors (Lipinski definition) is 5. The molecule has 1 aromatic rings. The number of phenols is 1. The Morgan fingerprint density at radius 2 is 2.21 bits per heavy atom. The zero-order chi connectivity index (χ0) is 14.1. The lowest BCUT2D eigenvalue weighted by molar-refractivity contribution is -0.123. The lowest BCUT2D eigenvalue weighted by Crippen LogP contribution is -2.29. The van der Waals surface area contributed by atoms with Crippen LogP contribution in [0.4, 0.5) is 0 Å². The van der Waals surface area contributed by atoms with Gasteiger partial charge in [0.1, 0.15) is 5.75 Å². The van der Waals surface area contributed by atoms with E-state index >= 15 is 0 Å². The number of methoxy groups -OCH3 is 1. The predicted octanol–water partition coefficient (Wildman–Crippen LogP) is 0.635. The molecule has 6 heteroatoms. The summed E-state index contributed by atoms with van der Waals surface area (Å²) in [7, 11) is 1.45. The molecule has 0 heterocycles. The minimum atomic E-state index is -0.191. The smallest absolute Gasteiger partial charge is 0.257 e. The Balaban J connectivity index is 2.33. The summed E-state index contributed by atoms with van der Waals surface area (Å²) >= 11 is 0. The van der Waals surface area contributed by atoms with Crippen molar-refractivity contribution in [2.45, 2.75) is 12.8 Å². The van der Waals surface area contributed by atoms with Crippen molar-refractivity contribution in [1.29, 1.82) is 0 Å².